The molecule has 2 aromatic heterocycles. The number of hydrogen-bond acceptors (Lipinski definition) is 4. The lowest BCUT2D eigenvalue weighted by Gasteiger charge is -2.19. The standard InChI is InChI=1S/C18H19ClN2O3/c1-18(2,3)24-17(22)15-11-6-5-10-8-20-14(19)7-12(10)16(11)21-13(15)9-23-4/h5-8,21H,9H2,1-4H3. The highest BCUT2D eigenvalue weighted by Gasteiger charge is 2.25. The van der Waals surface area contributed by atoms with Crippen LogP contribution in [0.25, 0.3) is 21.7 Å². The first-order valence-electron chi connectivity index (χ1n) is 7.61. The van der Waals surface area contributed by atoms with E-state index in [-0.39, 0.29) is 12.6 Å². The average molecular weight is 347 g/mol. The zero-order valence-corrected chi connectivity index (χ0v) is 14.8. The zero-order chi connectivity index (χ0) is 17.5. The number of nitrogens with zero attached hydrogens (tertiary/aromatic N) is 1. The maximum atomic E-state index is 12.7. The van der Waals surface area contributed by atoms with Gasteiger partial charge in [0.15, 0.2) is 0 Å². The molecule has 3 aromatic rings. The lowest BCUT2D eigenvalue weighted by Crippen LogP contribution is -2.24. The minimum absolute atomic E-state index is 0.281. The van der Waals surface area contributed by atoms with E-state index in [4.69, 9.17) is 21.1 Å². The molecule has 0 atom stereocenters. The quantitative estimate of drug-likeness (QED) is 0.561. The Balaban J connectivity index is 2.26. The van der Waals surface area contributed by atoms with Crippen LogP contribution in [0.15, 0.2) is 24.4 Å². The largest absolute Gasteiger partial charge is 0.456 e. The zero-order valence-electron chi connectivity index (χ0n) is 14.1. The smallest absolute Gasteiger partial charge is 0.341 e. The van der Waals surface area contributed by atoms with E-state index in [2.05, 4.69) is 9.97 Å². The van der Waals surface area contributed by atoms with Crippen molar-refractivity contribution in [3.63, 3.8) is 0 Å². The van der Waals surface area contributed by atoms with Crippen LogP contribution in [0.3, 0.4) is 0 Å². The summed E-state index contributed by atoms with van der Waals surface area (Å²) in [6.07, 6.45) is 1.71. The molecule has 2 heterocycles. The summed E-state index contributed by atoms with van der Waals surface area (Å²) >= 11 is 6.04. The van der Waals surface area contributed by atoms with Crippen LogP contribution in [0, 0.1) is 0 Å². The van der Waals surface area contributed by atoms with Crippen LogP contribution in [0.1, 0.15) is 36.8 Å². The van der Waals surface area contributed by atoms with Crippen molar-refractivity contribution in [1.29, 1.82) is 0 Å². The van der Waals surface area contributed by atoms with Crippen molar-refractivity contribution < 1.29 is 14.3 Å². The molecule has 1 aromatic carbocycles. The molecule has 24 heavy (non-hydrogen) atoms. The van der Waals surface area contributed by atoms with Crippen LogP contribution < -0.4 is 0 Å². The summed E-state index contributed by atoms with van der Waals surface area (Å²) < 4.78 is 10.8. The van der Waals surface area contributed by atoms with Crippen molar-refractivity contribution in [3.05, 3.63) is 40.8 Å². The number of carbonyl (C=O) groups is 1. The molecule has 0 spiro atoms. The van der Waals surface area contributed by atoms with E-state index in [1.54, 1.807) is 19.4 Å². The molecule has 3 rings (SSSR count). The van der Waals surface area contributed by atoms with E-state index >= 15 is 0 Å². The number of methoxy groups -OCH3 is 1. The van der Waals surface area contributed by atoms with Gasteiger partial charge >= 0.3 is 5.97 Å². The number of ether oxygens (including phenoxy) is 2. The Kier molecular flexibility index (Phi) is 4.24. The first-order valence-corrected chi connectivity index (χ1v) is 7.99. The summed E-state index contributed by atoms with van der Waals surface area (Å²) in [6, 6.07) is 5.59. The van der Waals surface area contributed by atoms with Crippen molar-refractivity contribution >= 4 is 39.2 Å². The topological polar surface area (TPSA) is 64.2 Å². The molecule has 1 N–H and O–H groups in total. The number of H-pyrrole nitrogens is 1. The molecule has 0 amide bonds. The molecule has 0 unspecified atom stereocenters. The van der Waals surface area contributed by atoms with Gasteiger partial charge in [0.1, 0.15) is 10.8 Å². The Labute approximate surface area is 144 Å². The number of nitrogens with one attached hydrogen (secondary N) is 1. The second-order valence-corrected chi connectivity index (χ2v) is 7.02. The Bertz CT molecular complexity index is 925. The molecule has 0 saturated carbocycles. The molecular weight excluding hydrogens is 328 g/mol. The highest BCUT2D eigenvalue weighted by atomic mass is 35.5. The fourth-order valence-electron chi connectivity index (χ4n) is 2.73. The lowest BCUT2D eigenvalue weighted by atomic mass is 10.1. The van der Waals surface area contributed by atoms with Gasteiger partial charge in [-0.1, -0.05) is 23.7 Å². The van der Waals surface area contributed by atoms with E-state index in [0.29, 0.717) is 16.4 Å². The molecule has 0 aliphatic rings. The minimum Gasteiger partial charge on any atom is -0.456 e. The third-order valence-corrected chi connectivity index (χ3v) is 3.82. The number of hydrogen-bond donors (Lipinski definition) is 1. The molecule has 0 saturated heterocycles. The van der Waals surface area contributed by atoms with Crippen molar-refractivity contribution in [2.75, 3.05) is 7.11 Å². The monoisotopic (exact) mass is 346 g/mol. The summed E-state index contributed by atoms with van der Waals surface area (Å²) in [6.45, 7) is 5.81. The predicted octanol–water partition coefficient (Wildman–Crippen LogP) is 4.47. The summed E-state index contributed by atoms with van der Waals surface area (Å²) in [4.78, 5) is 20.1. The molecule has 0 aliphatic carbocycles. The van der Waals surface area contributed by atoms with Crippen LogP contribution in [0.4, 0.5) is 0 Å². The minimum atomic E-state index is -0.574. The van der Waals surface area contributed by atoms with Crippen molar-refractivity contribution in [2.45, 2.75) is 33.0 Å². The number of aromatic amines is 1. The second kappa shape index (κ2) is 6.07. The van der Waals surface area contributed by atoms with Crippen LogP contribution in [-0.4, -0.2) is 28.6 Å². The summed E-state index contributed by atoms with van der Waals surface area (Å²) in [7, 11) is 1.59. The van der Waals surface area contributed by atoms with E-state index in [0.717, 1.165) is 21.7 Å². The van der Waals surface area contributed by atoms with Crippen molar-refractivity contribution in [3.8, 4) is 0 Å². The van der Waals surface area contributed by atoms with Gasteiger partial charge in [0, 0.05) is 29.5 Å². The fraction of sp³-hybridized carbons (Fsp3) is 0.333. The normalized spacial score (nSPS) is 12.0. The number of fused-ring (bicyclic) bond motifs is 3. The third-order valence-electron chi connectivity index (χ3n) is 3.61. The Morgan fingerprint density at radius 3 is 2.71 bits per heavy atom. The van der Waals surface area contributed by atoms with Gasteiger partial charge < -0.3 is 14.5 Å². The molecule has 0 fully saturated rings. The molecular formula is C18H19ClN2O3. The average Bonchev–Trinajstić information content (AvgIpc) is 2.84. The van der Waals surface area contributed by atoms with E-state index in [1.807, 2.05) is 32.9 Å². The van der Waals surface area contributed by atoms with Crippen LogP contribution in [-0.2, 0) is 16.1 Å². The van der Waals surface area contributed by atoms with Gasteiger partial charge in [-0.15, -0.1) is 0 Å². The number of esters is 1. The second-order valence-electron chi connectivity index (χ2n) is 6.63. The highest BCUT2D eigenvalue weighted by molar-refractivity contribution is 6.30. The number of aromatic nitrogens is 2. The van der Waals surface area contributed by atoms with Crippen LogP contribution >= 0.6 is 11.6 Å². The molecule has 5 nitrogen and oxygen atoms in total. The Morgan fingerprint density at radius 2 is 2.04 bits per heavy atom. The fourth-order valence-corrected chi connectivity index (χ4v) is 2.88. The van der Waals surface area contributed by atoms with Gasteiger partial charge in [0.05, 0.1) is 23.4 Å². The van der Waals surface area contributed by atoms with Crippen molar-refractivity contribution in [1.82, 2.24) is 9.97 Å². The molecule has 6 heteroatoms. The Morgan fingerprint density at radius 1 is 1.29 bits per heavy atom. The summed E-state index contributed by atoms with van der Waals surface area (Å²) in [5.41, 5.74) is 1.43. The first kappa shape index (κ1) is 16.7. The van der Waals surface area contributed by atoms with Gasteiger partial charge in [-0.25, -0.2) is 9.78 Å². The van der Waals surface area contributed by atoms with Crippen LogP contribution in [0.5, 0.6) is 0 Å². The lowest BCUT2D eigenvalue weighted by molar-refractivity contribution is 0.00683. The van der Waals surface area contributed by atoms with Gasteiger partial charge in [0.25, 0.3) is 0 Å². The molecule has 0 radical (unpaired) electrons. The molecule has 0 bridgehead atoms. The number of rotatable bonds is 3. The van der Waals surface area contributed by atoms with Gasteiger partial charge in [-0.05, 0) is 26.8 Å². The first-order chi connectivity index (χ1) is 11.3. The van der Waals surface area contributed by atoms with Crippen molar-refractivity contribution in [2.24, 2.45) is 0 Å². The number of carbonyl (C=O) groups excluding carboxylic acids is 1. The SMILES string of the molecule is COCc1[nH]c2c(ccc3cnc(Cl)cc32)c1C(=O)OC(C)(C)C. The predicted molar refractivity (Wildman–Crippen MR) is 94.5 cm³/mol. The number of halogens is 1. The van der Waals surface area contributed by atoms with Gasteiger partial charge in [0.2, 0.25) is 0 Å². The summed E-state index contributed by atoms with van der Waals surface area (Å²) in [5, 5.41) is 3.02. The Hall–Kier alpha value is -2.11. The van der Waals surface area contributed by atoms with Gasteiger partial charge in [-0.2, -0.15) is 0 Å². The maximum Gasteiger partial charge on any atom is 0.341 e. The van der Waals surface area contributed by atoms with Gasteiger partial charge in [-0.3, -0.25) is 0 Å². The van der Waals surface area contributed by atoms with Crippen LogP contribution in [0.2, 0.25) is 5.15 Å². The maximum absolute atomic E-state index is 12.7. The van der Waals surface area contributed by atoms with E-state index < -0.39 is 5.60 Å². The molecule has 126 valence electrons. The third kappa shape index (κ3) is 3.09. The highest BCUT2D eigenvalue weighted by Crippen LogP contribution is 2.31. The molecule has 0 aliphatic heterocycles. The number of pyridine rings is 1. The van der Waals surface area contributed by atoms with E-state index in [9.17, 15) is 4.79 Å². The number of benzene rings is 1. The van der Waals surface area contributed by atoms with E-state index in [1.165, 1.54) is 0 Å². The summed E-state index contributed by atoms with van der Waals surface area (Å²) in [5.74, 6) is -0.375.